The van der Waals surface area contributed by atoms with Crippen molar-refractivity contribution >= 4 is 54.0 Å². The molecule has 3 heteroatoms. The van der Waals surface area contributed by atoms with Gasteiger partial charge in [-0.25, -0.2) is 0 Å². The molecule has 0 fully saturated rings. The lowest BCUT2D eigenvalue weighted by Gasteiger charge is -2.14. The summed E-state index contributed by atoms with van der Waals surface area (Å²) in [6, 6.07) is 15.1. The van der Waals surface area contributed by atoms with Gasteiger partial charge < -0.3 is 0 Å². The van der Waals surface area contributed by atoms with Crippen LogP contribution in [0.5, 0.6) is 0 Å². The maximum Gasteiger partial charge on any atom is 0.0755 e. The quantitative estimate of drug-likeness (QED) is 0.437. The molecular weight excluding hydrogens is 384 g/mol. The molecule has 0 saturated carbocycles. The molecule has 0 aliphatic carbocycles. The fourth-order valence-corrected chi connectivity index (χ4v) is 5.19. The Morgan fingerprint density at radius 1 is 1.00 bits per heavy atom. The largest absolute Gasteiger partial charge is 0.146 e. The Morgan fingerprint density at radius 2 is 1.74 bits per heavy atom. The Labute approximate surface area is 133 Å². The number of aryl methyl sites for hydroxylation is 1. The van der Waals surface area contributed by atoms with Gasteiger partial charge in [-0.2, -0.15) is 0 Å². The number of thiophene rings is 1. The number of hydrogen-bond donors (Lipinski definition) is 0. The first-order chi connectivity index (χ1) is 9.18. The lowest BCUT2D eigenvalue weighted by atomic mass is 9.98. The van der Waals surface area contributed by atoms with E-state index in [1.165, 1.54) is 31.2 Å². The number of halogens is 2. The first kappa shape index (κ1) is 13.3. The second-order valence-corrected chi connectivity index (χ2v) is 7.23. The van der Waals surface area contributed by atoms with Gasteiger partial charge in [0.2, 0.25) is 0 Å². The van der Waals surface area contributed by atoms with Crippen LogP contribution in [0.15, 0.2) is 52.3 Å². The van der Waals surface area contributed by atoms with Crippen LogP contribution < -0.4 is 0 Å². The highest BCUT2D eigenvalue weighted by atomic mass is 79.9. The van der Waals surface area contributed by atoms with Gasteiger partial charge in [0.1, 0.15) is 0 Å². The number of rotatable bonds is 2. The topological polar surface area (TPSA) is 0 Å². The Balaban J connectivity index is 2.21. The fraction of sp³-hybridized carbons (Fsp3) is 0.125. The smallest absolute Gasteiger partial charge is 0.0755 e. The molecule has 3 rings (SSSR count). The van der Waals surface area contributed by atoms with E-state index in [4.69, 9.17) is 0 Å². The molecule has 0 aliphatic rings. The number of alkyl halides is 1. The number of hydrogen-bond acceptors (Lipinski definition) is 1. The summed E-state index contributed by atoms with van der Waals surface area (Å²) in [5.74, 6) is 0. The van der Waals surface area contributed by atoms with Crippen molar-refractivity contribution in [3.05, 3.63) is 68.3 Å². The molecule has 0 saturated heterocycles. The van der Waals surface area contributed by atoms with Gasteiger partial charge in [0, 0.05) is 9.35 Å². The first-order valence-electron chi connectivity index (χ1n) is 6.03. The molecule has 96 valence electrons. The summed E-state index contributed by atoms with van der Waals surface area (Å²) < 4.78 is 1.17. The third-order valence-corrected chi connectivity index (χ3v) is 6.51. The van der Waals surface area contributed by atoms with Gasteiger partial charge in [0.15, 0.2) is 0 Å². The van der Waals surface area contributed by atoms with Crippen molar-refractivity contribution in [2.45, 2.75) is 11.8 Å². The van der Waals surface area contributed by atoms with Crippen molar-refractivity contribution in [3.63, 3.8) is 0 Å². The van der Waals surface area contributed by atoms with Gasteiger partial charge in [-0.05, 0) is 56.2 Å². The second kappa shape index (κ2) is 5.39. The van der Waals surface area contributed by atoms with Crippen molar-refractivity contribution < 1.29 is 0 Å². The molecule has 0 aliphatic heterocycles. The Morgan fingerprint density at radius 3 is 2.42 bits per heavy atom. The monoisotopic (exact) mass is 394 g/mol. The maximum absolute atomic E-state index is 3.85. The van der Waals surface area contributed by atoms with E-state index in [2.05, 4.69) is 86.6 Å². The minimum atomic E-state index is 0.229. The molecule has 0 bridgehead atoms. The van der Waals surface area contributed by atoms with Gasteiger partial charge in [0.05, 0.1) is 4.83 Å². The highest BCUT2D eigenvalue weighted by Gasteiger charge is 2.17. The maximum atomic E-state index is 3.85. The molecule has 0 spiro atoms. The average molecular weight is 396 g/mol. The molecule has 1 aromatic heterocycles. The highest BCUT2D eigenvalue weighted by Crippen LogP contribution is 2.41. The molecule has 0 radical (unpaired) electrons. The van der Waals surface area contributed by atoms with Crippen LogP contribution in [0.25, 0.3) is 10.8 Å². The van der Waals surface area contributed by atoms with Crippen LogP contribution in [0.1, 0.15) is 20.8 Å². The summed E-state index contributed by atoms with van der Waals surface area (Å²) >= 11 is 9.24. The van der Waals surface area contributed by atoms with E-state index in [9.17, 15) is 0 Å². The van der Waals surface area contributed by atoms with E-state index in [0.717, 1.165) is 0 Å². The van der Waals surface area contributed by atoms with E-state index in [1.54, 1.807) is 11.3 Å². The van der Waals surface area contributed by atoms with Crippen molar-refractivity contribution in [2.24, 2.45) is 0 Å². The molecule has 1 heterocycles. The number of benzene rings is 2. The van der Waals surface area contributed by atoms with Crippen LogP contribution in [-0.2, 0) is 0 Å². The highest BCUT2D eigenvalue weighted by molar-refractivity contribution is 9.11. The summed E-state index contributed by atoms with van der Waals surface area (Å²) in [6.45, 7) is 2.16. The molecular formula is C16H12Br2S. The van der Waals surface area contributed by atoms with Crippen LogP contribution >= 0.6 is 43.2 Å². The van der Waals surface area contributed by atoms with Crippen LogP contribution in [0.2, 0.25) is 0 Å². The summed E-state index contributed by atoms with van der Waals surface area (Å²) in [7, 11) is 0. The Hall–Kier alpha value is -0.640. The van der Waals surface area contributed by atoms with Gasteiger partial charge in [0.25, 0.3) is 0 Å². The normalized spacial score (nSPS) is 12.8. The van der Waals surface area contributed by atoms with E-state index in [0.29, 0.717) is 0 Å². The van der Waals surface area contributed by atoms with Crippen LogP contribution in [0.4, 0.5) is 0 Å². The van der Waals surface area contributed by atoms with Crippen molar-refractivity contribution in [1.82, 2.24) is 0 Å². The van der Waals surface area contributed by atoms with E-state index in [-0.39, 0.29) is 4.83 Å². The molecule has 19 heavy (non-hydrogen) atoms. The lowest BCUT2D eigenvalue weighted by Crippen LogP contribution is -1.93. The lowest BCUT2D eigenvalue weighted by molar-refractivity contribution is 1.23. The summed E-state index contributed by atoms with van der Waals surface area (Å²) in [6.07, 6.45) is 0. The third kappa shape index (κ3) is 2.39. The summed E-state index contributed by atoms with van der Waals surface area (Å²) in [5.41, 5.74) is 2.65. The minimum absolute atomic E-state index is 0.229. The molecule has 2 aromatic carbocycles. The average Bonchev–Trinajstić information content (AvgIpc) is 2.85. The van der Waals surface area contributed by atoms with E-state index >= 15 is 0 Å². The van der Waals surface area contributed by atoms with Crippen LogP contribution in [0, 0.1) is 6.92 Å². The van der Waals surface area contributed by atoms with Gasteiger partial charge >= 0.3 is 0 Å². The molecule has 0 N–H and O–H groups in total. The predicted molar refractivity (Wildman–Crippen MR) is 91.5 cm³/mol. The van der Waals surface area contributed by atoms with Gasteiger partial charge in [-0.3, -0.25) is 0 Å². The Kier molecular flexibility index (Phi) is 3.79. The van der Waals surface area contributed by atoms with Crippen LogP contribution in [-0.4, -0.2) is 0 Å². The first-order valence-corrected chi connectivity index (χ1v) is 8.62. The molecule has 3 aromatic rings. The van der Waals surface area contributed by atoms with Crippen LogP contribution in [0.3, 0.4) is 0 Å². The van der Waals surface area contributed by atoms with Crippen molar-refractivity contribution in [1.29, 1.82) is 0 Å². The minimum Gasteiger partial charge on any atom is -0.146 e. The second-order valence-electron chi connectivity index (χ2n) is 4.51. The van der Waals surface area contributed by atoms with Gasteiger partial charge in [-0.15, -0.1) is 11.3 Å². The molecule has 1 unspecified atom stereocenters. The molecule has 0 amide bonds. The van der Waals surface area contributed by atoms with E-state index < -0.39 is 0 Å². The molecule has 1 atom stereocenters. The SMILES string of the molecule is Cc1ccc(C(Br)c2sccc2Br)c2ccccc12. The Bertz CT molecular complexity index is 730. The van der Waals surface area contributed by atoms with E-state index in [1.807, 2.05) is 0 Å². The van der Waals surface area contributed by atoms with Crippen molar-refractivity contribution in [3.8, 4) is 0 Å². The standard InChI is InChI=1S/C16H12Br2S/c1-10-6-7-13(12-5-3-2-4-11(10)12)15(18)16-14(17)8-9-19-16/h2-9,15H,1H3. The van der Waals surface area contributed by atoms with Crippen molar-refractivity contribution in [2.75, 3.05) is 0 Å². The zero-order chi connectivity index (χ0) is 13.4. The zero-order valence-electron chi connectivity index (χ0n) is 10.4. The zero-order valence-corrected chi connectivity index (χ0v) is 14.3. The number of fused-ring (bicyclic) bond motifs is 1. The molecule has 0 nitrogen and oxygen atoms in total. The summed E-state index contributed by atoms with van der Waals surface area (Å²) in [4.78, 5) is 1.54. The fourth-order valence-electron chi connectivity index (χ4n) is 2.32. The van der Waals surface area contributed by atoms with Gasteiger partial charge in [-0.1, -0.05) is 52.3 Å². The summed E-state index contributed by atoms with van der Waals surface area (Å²) in [5, 5.41) is 4.77. The third-order valence-electron chi connectivity index (χ3n) is 3.32. The predicted octanol–water partition coefficient (Wildman–Crippen LogP) is 6.46.